The lowest BCUT2D eigenvalue weighted by Gasteiger charge is -2.28. The quantitative estimate of drug-likeness (QED) is 0.599. The standard InChI is InChI=1S/C17H20N2O6/c1-3-22-6-7-23-16(20)14-10(2)18-17(21)19-15(14)11-4-5-12-13(8-11)25-9-24-12/h4-5,8,15H,3,6-7,9H2,1-2H3,(H2,18,19,21)/t15-/m1/s1. The van der Waals surface area contributed by atoms with E-state index in [1.54, 1.807) is 25.1 Å². The van der Waals surface area contributed by atoms with Crippen molar-refractivity contribution >= 4 is 12.0 Å². The summed E-state index contributed by atoms with van der Waals surface area (Å²) in [7, 11) is 0. The molecule has 25 heavy (non-hydrogen) atoms. The van der Waals surface area contributed by atoms with E-state index in [1.165, 1.54) is 0 Å². The summed E-state index contributed by atoms with van der Waals surface area (Å²) < 4.78 is 21.1. The molecule has 3 rings (SSSR count). The van der Waals surface area contributed by atoms with Gasteiger partial charge in [-0.2, -0.15) is 0 Å². The third-order valence-corrected chi connectivity index (χ3v) is 3.88. The van der Waals surface area contributed by atoms with Crippen LogP contribution in [0.4, 0.5) is 4.79 Å². The minimum Gasteiger partial charge on any atom is -0.460 e. The van der Waals surface area contributed by atoms with E-state index in [9.17, 15) is 9.59 Å². The molecular formula is C17H20N2O6. The third-order valence-electron chi connectivity index (χ3n) is 3.88. The van der Waals surface area contributed by atoms with Crippen LogP contribution < -0.4 is 20.1 Å². The SMILES string of the molecule is CCOCCOC(=O)C1=C(C)NC(=O)N[C@@H]1c1ccc2c(c1)OCO2. The van der Waals surface area contributed by atoms with Gasteiger partial charge in [0.2, 0.25) is 6.79 Å². The number of allylic oxidation sites excluding steroid dienone is 1. The van der Waals surface area contributed by atoms with Gasteiger partial charge < -0.3 is 29.6 Å². The molecule has 8 nitrogen and oxygen atoms in total. The predicted octanol–water partition coefficient (Wildman–Crippen LogP) is 1.62. The molecule has 0 aliphatic carbocycles. The number of hydrogen-bond donors (Lipinski definition) is 2. The first-order chi connectivity index (χ1) is 12.1. The van der Waals surface area contributed by atoms with Gasteiger partial charge in [-0.05, 0) is 31.5 Å². The van der Waals surface area contributed by atoms with Gasteiger partial charge >= 0.3 is 12.0 Å². The average Bonchev–Trinajstić information content (AvgIpc) is 3.05. The Hall–Kier alpha value is -2.74. The van der Waals surface area contributed by atoms with E-state index in [1.807, 2.05) is 6.92 Å². The highest BCUT2D eigenvalue weighted by Crippen LogP contribution is 2.36. The van der Waals surface area contributed by atoms with Crippen LogP contribution in [0.3, 0.4) is 0 Å². The number of esters is 1. The number of fused-ring (bicyclic) bond motifs is 1. The molecule has 134 valence electrons. The molecule has 0 saturated heterocycles. The zero-order chi connectivity index (χ0) is 17.8. The van der Waals surface area contributed by atoms with E-state index in [0.717, 1.165) is 0 Å². The molecule has 2 heterocycles. The highest BCUT2D eigenvalue weighted by molar-refractivity contribution is 5.95. The summed E-state index contributed by atoms with van der Waals surface area (Å²) in [5.41, 5.74) is 1.50. The van der Waals surface area contributed by atoms with Crippen LogP contribution in [-0.4, -0.2) is 38.6 Å². The number of ether oxygens (including phenoxy) is 4. The molecule has 0 saturated carbocycles. The van der Waals surface area contributed by atoms with Crippen molar-refractivity contribution in [1.82, 2.24) is 10.6 Å². The lowest BCUT2D eigenvalue weighted by molar-refractivity contribution is -0.141. The molecule has 0 spiro atoms. The van der Waals surface area contributed by atoms with Crippen LogP contribution in [0.2, 0.25) is 0 Å². The molecule has 1 aromatic rings. The van der Waals surface area contributed by atoms with Crippen molar-refractivity contribution in [2.45, 2.75) is 19.9 Å². The lowest BCUT2D eigenvalue weighted by Crippen LogP contribution is -2.45. The van der Waals surface area contributed by atoms with Crippen LogP contribution in [-0.2, 0) is 14.3 Å². The molecule has 2 amide bonds. The summed E-state index contributed by atoms with van der Waals surface area (Å²) >= 11 is 0. The molecule has 1 aromatic carbocycles. The van der Waals surface area contributed by atoms with Gasteiger partial charge in [-0.25, -0.2) is 9.59 Å². The van der Waals surface area contributed by atoms with Crippen LogP contribution in [0.1, 0.15) is 25.5 Å². The van der Waals surface area contributed by atoms with Crippen molar-refractivity contribution in [1.29, 1.82) is 0 Å². The van der Waals surface area contributed by atoms with Gasteiger partial charge in [-0.15, -0.1) is 0 Å². The van der Waals surface area contributed by atoms with Crippen LogP contribution in [0, 0.1) is 0 Å². The number of amides is 2. The lowest BCUT2D eigenvalue weighted by atomic mass is 9.95. The normalized spacial score (nSPS) is 18.6. The molecule has 0 radical (unpaired) electrons. The molecular weight excluding hydrogens is 328 g/mol. The summed E-state index contributed by atoms with van der Waals surface area (Å²) in [5.74, 6) is 0.699. The maximum atomic E-state index is 12.5. The number of urea groups is 1. The second-order valence-electron chi connectivity index (χ2n) is 5.52. The van der Waals surface area contributed by atoms with E-state index < -0.39 is 12.0 Å². The Morgan fingerprint density at radius 1 is 1.28 bits per heavy atom. The Morgan fingerprint density at radius 3 is 2.88 bits per heavy atom. The van der Waals surface area contributed by atoms with Crippen molar-refractivity contribution < 1.29 is 28.5 Å². The van der Waals surface area contributed by atoms with Gasteiger partial charge in [0.05, 0.1) is 18.2 Å². The van der Waals surface area contributed by atoms with E-state index in [2.05, 4.69) is 10.6 Å². The molecule has 8 heteroatoms. The first-order valence-corrected chi connectivity index (χ1v) is 8.03. The van der Waals surface area contributed by atoms with Crippen molar-refractivity contribution in [2.75, 3.05) is 26.6 Å². The topological polar surface area (TPSA) is 95.1 Å². The number of benzene rings is 1. The van der Waals surface area contributed by atoms with E-state index in [4.69, 9.17) is 18.9 Å². The van der Waals surface area contributed by atoms with Gasteiger partial charge in [0.25, 0.3) is 0 Å². The van der Waals surface area contributed by atoms with Gasteiger partial charge in [0.15, 0.2) is 11.5 Å². The predicted molar refractivity (Wildman–Crippen MR) is 87.1 cm³/mol. The van der Waals surface area contributed by atoms with E-state index in [0.29, 0.717) is 41.5 Å². The van der Waals surface area contributed by atoms with Gasteiger partial charge in [0, 0.05) is 12.3 Å². The first-order valence-electron chi connectivity index (χ1n) is 8.03. The zero-order valence-corrected chi connectivity index (χ0v) is 14.1. The van der Waals surface area contributed by atoms with Gasteiger partial charge in [-0.3, -0.25) is 0 Å². The fourth-order valence-corrected chi connectivity index (χ4v) is 2.72. The Balaban J connectivity index is 1.83. The van der Waals surface area contributed by atoms with Crippen LogP contribution in [0.5, 0.6) is 11.5 Å². The molecule has 0 bridgehead atoms. The molecule has 2 aliphatic heterocycles. The maximum Gasteiger partial charge on any atom is 0.338 e. The van der Waals surface area contributed by atoms with Crippen molar-refractivity contribution in [3.63, 3.8) is 0 Å². The zero-order valence-electron chi connectivity index (χ0n) is 14.1. The highest BCUT2D eigenvalue weighted by Gasteiger charge is 2.33. The monoisotopic (exact) mass is 348 g/mol. The van der Waals surface area contributed by atoms with Crippen molar-refractivity contribution in [3.05, 3.63) is 35.0 Å². The maximum absolute atomic E-state index is 12.5. The largest absolute Gasteiger partial charge is 0.460 e. The third kappa shape index (κ3) is 3.69. The molecule has 0 unspecified atom stereocenters. The number of carbonyl (C=O) groups is 2. The summed E-state index contributed by atoms with van der Waals surface area (Å²) in [6.07, 6.45) is 0. The number of carbonyl (C=O) groups excluding carboxylic acids is 2. The smallest absolute Gasteiger partial charge is 0.338 e. The Kier molecular flexibility index (Phi) is 5.08. The Bertz CT molecular complexity index is 715. The summed E-state index contributed by atoms with van der Waals surface area (Å²) in [4.78, 5) is 24.4. The van der Waals surface area contributed by atoms with Crippen LogP contribution in [0.15, 0.2) is 29.5 Å². The highest BCUT2D eigenvalue weighted by atomic mass is 16.7. The molecule has 1 atom stereocenters. The molecule has 2 aliphatic rings. The van der Waals surface area contributed by atoms with Crippen LogP contribution in [0.25, 0.3) is 0 Å². The number of nitrogens with one attached hydrogen (secondary N) is 2. The van der Waals surface area contributed by atoms with Gasteiger partial charge in [-0.1, -0.05) is 6.07 Å². The summed E-state index contributed by atoms with van der Waals surface area (Å²) in [5, 5.41) is 5.36. The van der Waals surface area contributed by atoms with Crippen LogP contribution >= 0.6 is 0 Å². The minimum atomic E-state index is -0.636. The number of rotatable bonds is 6. The number of hydrogen-bond acceptors (Lipinski definition) is 6. The fourth-order valence-electron chi connectivity index (χ4n) is 2.72. The first kappa shape index (κ1) is 17.1. The molecule has 0 fully saturated rings. The van der Waals surface area contributed by atoms with E-state index >= 15 is 0 Å². The summed E-state index contributed by atoms with van der Waals surface area (Å²) in [6.45, 7) is 4.70. The second-order valence-corrected chi connectivity index (χ2v) is 5.52. The Morgan fingerprint density at radius 2 is 2.08 bits per heavy atom. The summed E-state index contributed by atoms with van der Waals surface area (Å²) in [6, 6.07) is 4.26. The van der Waals surface area contributed by atoms with E-state index in [-0.39, 0.29) is 19.4 Å². The second kappa shape index (κ2) is 7.43. The van der Waals surface area contributed by atoms with Gasteiger partial charge in [0.1, 0.15) is 6.61 Å². The molecule has 2 N–H and O–H groups in total. The molecule has 0 aromatic heterocycles. The fraction of sp³-hybridized carbons (Fsp3) is 0.412. The minimum absolute atomic E-state index is 0.144. The van der Waals surface area contributed by atoms with Crippen molar-refractivity contribution in [3.8, 4) is 11.5 Å². The van der Waals surface area contributed by atoms with Crippen molar-refractivity contribution in [2.24, 2.45) is 0 Å². The Labute approximate surface area is 145 Å². The average molecular weight is 348 g/mol.